The number of benzene rings is 1. The van der Waals surface area contributed by atoms with Crippen LogP contribution in [0.1, 0.15) is 23.8 Å². The first-order valence-electron chi connectivity index (χ1n) is 7.78. The van der Waals surface area contributed by atoms with Crippen LogP contribution < -0.4 is 10.6 Å². The van der Waals surface area contributed by atoms with Crippen molar-refractivity contribution >= 4 is 11.4 Å². The van der Waals surface area contributed by atoms with Crippen LogP contribution in [0.4, 0.5) is 24.5 Å². The van der Waals surface area contributed by atoms with E-state index in [1.807, 2.05) is 24.3 Å². The fraction of sp³-hybridized carbons (Fsp3) is 0.353. The Morgan fingerprint density at radius 1 is 1.12 bits per heavy atom. The quantitative estimate of drug-likeness (QED) is 0.899. The first-order valence-corrected chi connectivity index (χ1v) is 7.78. The predicted octanol–water partition coefficient (Wildman–Crippen LogP) is 3.65. The first-order chi connectivity index (χ1) is 11.5. The lowest BCUT2D eigenvalue weighted by molar-refractivity contribution is -0.141. The van der Waals surface area contributed by atoms with Crippen LogP contribution in [0.2, 0.25) is 0 Å². The third-order valence-electron chi connectivity index (χ3n) is 4.41. The van der Waals surface area contributed by atoms with Crippen molar-refractivity contribution in [2.75, 3.05) is 11.9 Å². The first kappa shape index (κ1) is 15.4. The van der Waals surface area contributed by atoms with Crippen LogP contribution in [0.25, 0.3) is 0 Å². The number of ether oxygens (including phenoxy) is 1. The number of anilines is 2. The Labute approximate surface area is 137 Å². The van der Waals surface area contributed by atoms with Gasteiger partial charge in [-0.15, -0.1) is 0 Å². The number of pyridine rings is 1. The molecule has 2 saturated heterocycles. The van der Waals surface area contributed by atoms with Gasteiger partial charge in [-0.25, -0.2) is 0 Å². The van der Waals surface area contributed by atoms with E-state index in [0.29, 0.717) is 17.4 Å². The molecule has 2 bridgehead atoms. The summed E-state index contributed by atoms with van der Waals surface area (Å²) in [5.74, 6) is 0. The van der Waals surface area contributed by atoms with E-state index in [-0.39, 0.29) is 12.2 Å². The molecule has 2 aliphatic heterocycles. The van der Waals surface area contributed by atoms with Gasteiger partial charge in [0.15, 0.2) is 0 Å². The molecule has 0 spiro atoms. The van der Waals surface area contributed by atoms with E-state index >= 15 is 0 Å². The lowest BCUT2D eigenvalue weighted by atomic mass is 10.0. The zero-order chi connectivity index (χ0) is 16.7. The van der Waals surface area contributed by atoms with Gasteiger partial charge in [0.25, 0.3) is 0 Å². The van der Waals surface area contributed by atoms with Gasteiger partial charge in [-0.3, -0.25) is 4.98 Å². The molecule has 2 aliphatic rings. The molecule has 126 valence electrons. The summed E-state index contributed by atoms with van der Waals surface area (Å²) in [6.07, 6.45) is -1.94. The molecule has 3 heterocycles. The Hall–Kier alpha value is -2.12. The van der Waals surface area contributed by atoms with Crippen molar-refractivity contribution in [2.45, 2.75) is 30.8 Å². The molecule has 0 amide bonds. The summed E-state index contributed by atoms with van der Waals surface area (Å²) in [4.78, 5) is 3.35. The number of nitrogens with one attached hydrogen (secondary N) is 2. The van der Waals surface area contributed by atoms with Gasteiger partial charge in [0.2, 0.25) is 0 Å². The molecule has 2 N–H and O–H groups in total. The van der Waals surface area contributed by atoms with Crippen LogP contribution in [-0.4, -0.2) is 23.7 Å². The summed E-state index contributed by atoms with van der Waals surface area (Å²) in [5.41, 5.74) is 1.23. The smallest absolute Gasteiger partial charge is 0.367 e. The summed E-state index contributed by atoms with van der Waals surface area (Å²) in [6.45, 7) is 0.907. The van der Waals surface area contributed by atoms with Crippen molar-refractivity contribution in [3.63, 3.8) is 0 Å². The van der Waals surface area contributed by atoms with E-state index in [9.17, 15) is 13.2 Å². The van der Waals surface area contributed by atoms with Crippen LogP contribution in [0.5, 0.6) is 0 Å². The molecule has 3 atom stereocenters. The summed E-state index contributed by atoms with van der Waals surface area (Å²) < 4.78 is 44.0. The fourth-order valence-electron chi connectivity index (χ4n) is 3.27. The van der Waals surface area contributed by atoms with E-state index in [0.717, 1.165) is 30.8 Å². The molecule has 0 aliphatic carbocycles. The second-order valence-electron chi connectivity index (χ2n) is 6.10. The van der Waals surface area contributed by atoms with Crippen LogP contribution >= 0.6 is 0 Å². The van der Waals surface area contributed by atoms with E-state index in [4.69, 9.17) is 4.74 Å². The van der Waals surface area contributed by atoms with Gasteiger partial charge in [0.05, 0.1) is 12.2 Å². The fourth-order valence-corrected chi connectivity index (χ4v) is 3.27. The normalized spacial score (nSPS) is 25.9. The molecule has 24 heavy (non-hydrogen) atoms. The van der Waals surface area contributed by atoms with Crippen LogP contribution in [0.3, 0.4) is 0 Å². The molecular weight excluding hydrogens is 319 g/mol. The molecule has 4 rings (SSSR count). The summed E-state index contributed by atoms with van der Waals surface area (Å²) in [6, 6.07) is 10.4. The minimum Gasteiger partial charge on any atom is -0.367 e. The van der Waals surface area contributed by atoms with E-state index in [1.165, 1.54) is 6.07 Å². The maximum Gasteiger partial charge on any atom is 0.433 e. The Kier molecular flexibility index (Phi) is 3.69. The van der Waals surface area contributed by atoms with Gasteiger partial charge < -0.3 is 15.4 Å². The number of morpholine rings is 1. The average molecular weight is 335 g/mol. The molecule has 0 radical (unpaired) electrons. The van der Waals surface area contributed by atoms with Gasteiger partial charge in [0.1, 0.15) is 5.69 Å². The molecule has 1 aromatic heterocycles. The summed E-state index contributed by atoms with van der Waals surface area (Å²) in [7, 11) is 0. The molecule has 7 heteroatoms. The molecule has 3 unspecified atom stereocenters. The second kappa shape index (κ2) is 5.75. The van der Waals surface area contributed by atoms with Crippen molar-refractivity contribution in [1.29, 1.82) is 0 Å². The highest BCUT2D eigenvalue weighted by Gasteiger charge is 2.41. The average Bonchev–Trinajstić information content (AvgIpc) is 3.18. The lowest BCUT2D eigenvalue weighted by Crippen LogP contribution is -2.33. The molecule has 2 aromatic rings. The standard InChI is InChI=1S/C17H16F3N3O/c18-17(19,20)15-7-12(5-6-21-15)23-11-3-1-10(2-4-11)16-14-8-13(24-16)9-22-14/h1-7,13-14,16,22H,8-9H2,(H,21,23). The number of hydrogen-bond acceptors (Lipinski definition) is 4. The number of fused-ring (bicyclic) bond motifs is 2. The van der Waals surface area contributed by atoms with Gasteiger partial charge in [0, 0.05) is 30.2 Å². The zero-order valence-electron chi connectivity index (χ0n) is 12.7. The Morgan fingerprint density at radius 2 is 1.92 bits per heavy atom. The van der Waals surface area contributed by atoms with Crippen molar-refractivity contribution in [1.82, 2.24) is 10.3 Å². The second-order valence-corrected chi connectivity index (χ2v) is 6.10. The Morgan fingerprint density at radius 3 is 2.54 bits per heavy atom. The predicted molar refractivity (Wildman–Crippen MR) is 83.0 cm³/mol. The molecular formula is C17H16F3N3O. The molecule has 4 nitrogen and oxygen atoms in total. The highest BCUT2D eigenvalue weighted by Crippen LogP contribution is 2.37. The molecule has 0 saturated carbocycles. The van der Waals surface area contributed by atoms with Crippen molar-refractivity contribution in [3.05, 3.63) is 53.9 Å². The monoisotopic (exact) mass is 335 g/mol. The van der Waals surface area contributed by atoms with Crippen molar-refractivity contribution in [3.8, 4) is 0 Å². The van der Waals surface area contributed by atoms with Crippen LogP contribution in [-0.2, 0) is 10.9 Å². The largest absolute Gasteiger partial charge is 0.433 e. The molecule has 2 fully saturated rings. The molecule has 1 aromatic carbocycles. The van der Waals surface area contributed by atoms with Gasteiger partial charge in [-0.05, 0) is 36.2 Å². The number of rotatable bonds is 3. The number of hydrogen-bond donors (Lipinski definition) is 2. The zero-order valence-corrected chi connectivity index (χ0v) is 12.7. The Bertz CT molecular complexity index is 733. The Balaban J connectivity index is 1.48. The van der Waals surface area contributed by atoms with Crippen molar-refractivity contribution < 1.29 is 17.9 Å². The van der Waals surface area contributed by atoms with E-state index in [2.05, 4.69) is 15.6 Å². The minimum absolute atomic E-state index is 0.0514. The van der Waals surface area contributed by atoms with Gasteiger partial charge in [-0.2, -0.15) is 13.2 Å². The van der Waals surface area contributed by atoms with Crippen LogP contribution in [0, 0.1) is 0 Å². The topological polar surface area (TPSA) is 46.2 Å². The highest BCUT2D eigenvalue weighted by atomic mass is 19.4. The summed E-state index contributed by atoms with van der Waals surface area (Å²) >= 11 is 0. The number of alkyl halides is 3. The number of aromatic nitrogens is 1. The number of halogens is 3. The number of nitrogens with zero attached hydrogens (tertiary/aromatic N) is 1. The maximum absolute atomic E-state index is 12.7. The third kappa shape index (κ3) is 2.97. The van der Waals surface area contributed by atoms with Crippen LogP contribution in [0.15, 0.2) is 42.6 Å². The maximum atomic E-state index is 12.7. The van der Waals surface area contributed by atoms with E-state index < -0.39 is 11.9 Å². The third-order valence-corrected chi connectivity index (χ3v) is 4.41. The summed E-state index contributed by atoms with van der Waals surface area (Å²) in [5, 5.41) is 6.40. The SMILES string of the molecule is FC(F)(F)c1cc(Nc2ccc(C3OC4CNC3C4)cc2)ccn1. The van der Waals surface area contributed by atoms with Crippen molar-refractivity contribution in [2.24, 2.45) is 0 Å². The minimum atomic E-state index is -4.45. The van der Waals surface area contributed by atoms with Gasteiger partial charge >= 0.3 is 6.18 Å². The van der Waals surface area contributed by atoms with E-state index in [1.54, 1.807) is 0 Å². The lowest BCUT2D eigenvalue weighted by Gasteiger charge is -2.23. The van der Waals surface area contributed by atoms with Gasteiger partial charge in [-0.1, -0.05) is 12.1 Å². The highest BCUT2D eigenvalue weighted by molar-refractivity contribution is 5.60.